The highest BCUT2D eigenvalue weighted by Crippen LogP contribution is 2.11. The standard InChI is InChI=1S/2C10H8.5C2H6/c2*1-2-6-10-8-4-3-7-9(10)5-1;5*1-2/h2*1-8H;5*1-2H3. The Morgan fingerprint density at radius 1 is 0.233 bits per heavy atom. The molecule has 0 bridgehead atoms. The molecule has 4 aromatic carbocycles. The summed E-state index contributed by atoms with van der Waals surface area (Å²) in [6, 6.07) is 33.4. The molecule has 4 aromatic rings. The second kappa shape index (κ2) is 26.4. The Balaban J connectivity index is -0.000000345. The van der Waals surface area contributed by atoms with Gasteiger partial charge in [0, 0.05) is 0 Å². The van der Waals surface area contributed by atoms with Gasteiger partial charge in [-0.05, 0) is 21.5 Å². The maximum Gasteiger partial charge on any atom is -0.0184 e. The van der Waals surface area contributed by atoms with Crippen LogP contribution in [0.1, 0.15) is 69.2 Å². The van der Waals surface area contributed by atoms with Crippen molar-refractivity contribution in [2.24, 2.45) is 0 Å². The molecule has 0 amide bonds. The van der Waals surface area contributed by atoms with E-state index in [-0.39, 0.29) is 0 Å². The molecule has 0 aliphatic carbocycles. The fraction of sp³-hybridized carbons (Fsp3) is 0.333. The highest BCUT2D eigenvalue weighted by Gasteiger charge is 1.86. The SMILES string of the molecule is CC.CC.CC.CC.CC.c1ccc2ccccc2c1.c1ccc2ccccc2c1. The van der Waals surface area contributed by atoms with Crippen LogP contribution in [0.15, 0.2) is 97.1 Å². The van der Waals surface area contributed by atoms with Crippen LogP contribution in [-0.2, 0) is 0 Å². The molecule has 166 valence electrons. The first-order chi connectivity index (χ1) is 14.9. The third kappa shape index (κ3) is 13.6. The molecule has 0 saturated carbocycles. The van der Waals surface area contributed by atoms with Gasteiger partial charge in [-0.15, -0.1) is 0 Å². The normalized spacial score (nSPS) is 7.67. The van der Waals surface area contributed by atoms with Crippen molar-refractivity contribution in [1.82, 2.24) is 0 Å². The number of fused-ring (bicyclic) bond motifs is 2. The van der Waals surface area contributed by atoms with Crippen molar-refractivity contribution >= 4 is 21.5 Å². The van der Waals surface area contributed by atoms with Crippen LogP contribution in [0, 0.1) is 0 Å². The van der Waals surface area contributed by atoms with E-state index in [4.69, 9.17) is 0 Å². The molecule has 0 N–H and O–H groups in total. The molecular formula is C30H46. The van der Waals surface area contributed by atoms with Gasteiger partial charge in [0.1, 0.15) is 0 Å². The summed E-state index contributed by atoms with van der Waals surface area (Å²) in [5.41, 5.74) is 0. The molecule has 0 heterocycles. The molecule has 0 aliphatic rings. The first-order valence-electron chi connectivity index (χ1n) is 11.8. The maximum atomic E-state index is 2.12. The van der Waals surface area contributed by atoms with E-state index >= 15 is 0 Å². The third-order valence-corrected chi connectivity index (χ3v) is 3.32. The molecule has 0 aliphatic heterocycles. The van der Waals surface area contributed by atoms with Gasteiger partial charge in [0.2, 0.25) is 0 Å². The second-order valence-corrected chi connectivity index (χ2v) is 4.69. The summed E-state index contributed by atoms with van der Waals surface area (Å²) in [4.78, 5) is 0. The van der Waals surface area contributed by atoms with Crippen LogP contribution in [0.5, 0.6) is 0 Å². The fourth-order valence-corrected chi connectivity index (χ4v) is 2.27. The third-order valence-electron chi connectivity index (χ3n) is 3.32. The van der Waals surface area contributed by atoms with Crippen molar-refractivity contribution in [1.29, 1.82) is 0 Å². The van der Waals surface area contributed by atoms with Crippen LogP contribution in [0.4, 0.5) is 0 Å². The smallest absolute Gasteiger partial charge is 0.0184 e. The minimum atomic E-state index is 1.31. The predicted molar refractivity (Wildman–Crippen MR) is 145 cm³/mol. The van der Waals surface area contributed by atoms with Crippen molar-refractivity contribution in [3.63, 3.8) is 0 Å². The minimum Gasteiger partial charge on any atom is -0.0683 e. The fourth-order valence-electron chi connectivity index (χ4n) is 2.27. The number of hydrogen-bond acceptors (Lipinski definition) is 0. The first-order valence-corrected chi connectivity index (χ1v) is 11.8. The lowest BCUT2D eigenvalue weighted by Crippen LogP contribution is -1.67. The Hall–Kier alpha value is -2.60. The van der Waals surface area contributed by atoms with Crippen LogP contribution in [-0.4, -0.2) is 0 Å². The van der Waals surface area contributed by atoms with Crippen molar-refractivity contribution in [3.05, 3.63) is 97.1 Å². The van der Waals surface area contributed by atoms with Crippen LogP contribution in [0.25, 0.3) is 21.5 Å². The van der Waals surface area contributed by atoms with Gasteiger partial charge < -0.3 is 0 Å². The molecule has 0 atom stereocenters. The van der Waals surface area contributed by atoms with E-state index in [0.29, 0.717) is 0 Å². The summed E-state index contributed by atoms with van der Waals surface area (Å²) in [5, 5.41) is 5.24. The Kier molecular flexibility index (Phi) is 28.2. The maximum absolute atomic E-state index is 2.12. The average molecular weight is 407 g/mol. The van der Waals surface area contributed by atoms with Gasteiger partial charge in [-0.2, -0.15) is 0 Å². The Morgan fingerprint density at radius 3 is 0.433 bits per heavy atom. The Bertz CT molecular complexity index is 613. The van der Waals surface area contributed by atoms with E-state index in [1.54, 1.807) is 0 Å². The van der Waals surface area contributed by atoms with Gasteiger partial charge >= 0.3 is 0 Å². The van der Waals surface area contributed by atoms with E-state index in [1.165, 1.54) is 21.5 Å². The molecule has 0 spiro atoms. The van der Waals surface area contributed by atoms with E-state index in [2.05, 4.69) is 97.1 Å². The summed E-state index contributed by atoms with van der Waals surface area (Å²) in [5.74, 6) is 0. The lowest BCUT2D eigenvalue weighted by Gasteiger charge is -1.92. The summed E-state index contributed by atoms with van der Waals surface area (Å²) in [6.07, 6.45) is 0. The molecule has 0 unspecified atom stereocenters. The van der Waals surface area contributed by atoms with Crippen LogP contribution in [0.2, 0.25) is 0 Å². The molecule has 0 aromatic heterocycles. The van der Waals surface area contributed by atoms with E-state index in [1.807, 2.05) is 69.2 Å². The molecule has 0 radical (unpaired) electrons. The van der Waals surface area contributed by atoms with E-state index in [9.17, 15) is 0 Å². The molecule has 0 fully saturated rings. The number of hydrogen-bond donors (Lipinski definition) is 0. The number of benzene rings is 4. The summed E-state index contributed by atoms with van der Waals surface area (Å²) >= 11 is 0. The van der Waals surface area contributed by atoms with Gasteiger partial charge in [-0.3, -0.25) is 0 Å². The van der Waals surface area contributed by atoms with Gasteiger partial charge in [-0.25, -0.2) is 0 Å². The lowest BCUT2D eigenvalue weighted by molar-refractivity contribution is 1.50. The van der Waals surface area contributed by atoms with Crippen LogP contribution in [0.3, 0.4) is 0 Å². The monoisotopic (exact) mass is 406 g/mol. The molecule has 30 heavy (non-hydrogen) atoms. The minimum absolute atomic E-state index is 1.31. The average Bonchev–Trinajstić information content (AvgIpc) is 2.90. The van der Waals surface area contributed by atoms with Gasteiger partial charge in [0.15, 0.2) is 0 Å². The molecule has 0 heteroatoms. The summed E-state index contributed by atoms with van der Waals surface area (Å²) in [6.45, 7) is 20.0. The summed E-state index contributed by atoms with van der Waals surface area (Å²) in [7, 11) is 0. The topological polar surface area (TPSA) is 0 Å². The second-order valence-electron chi connectivity index (χ2n) is 4.69. The van der Waals surface area contributed by atoms with Crippen molar-refractivity contribution in [3.8, 4) is 0 Å². The molecule has 0 nitrogen and oxygen atoms in total. The quantitative estimate of drug-likeness (QED) is 0.272. The van der Waals surface area contributed by atoms with E-state index < -0.39 is 0 Å². The van der Waals surface area contributed by atoms with Crippen LogP contribution >= 0.6 is 0 Å². The van der Waals surface area contributed by atoms with Crippen molar-refractivity contribution < 1.29 is 0 Å². The van der Waals surface area contributed by atoms with Crippen LogP contribution < -0.4 is 0 Å². The Labute approximate surface area is 188 Å². The van der Waals surface area contributed by atoms with Crippen molar-refractivity contribution in [2.45, 2.75) is 69.2 Å². The highest BCUT2D eigenvalue weighted by molar-refractivity contribution is 5.82. The van der Waals surface area contributed by atoms with Gasteiger partial charge in [0.25, 0.3) is 0 Å². The molecule has 0 saturated heterocycles. The molecular weight excluding hydrogens is 360 g/mol. The zero-order chi connectivity index (χ0) is 23.6. The van der Waals surface area contributed by atoms with Gasteiger partial charge in [-0.1, -0.05) is 166 Å². The molecule has 4 rings (SSSR count). The van der Waals surface area contributed by atoms with Gasteiger partial charge in [0.05, 0.1) is 0 Å². The highest BCUT2D eigenvalue weighted by atomic mass is 13.9. The zero-order valence-electron chi connectivity index (χ0n) is 21.2. The lowest BCUT2D eigenvalue weighted by atomic mass is 10.1. The summed E-state index contributed by atoms with van der Waals surface area (Å²) < 4.78 is 0. The number of rotatable bonds is 0. The Morgan fingerprint density at radius 2 is 0.333 bits per heavy atom. The predicted octanol–water partition coefficient (Wildman–Crippen LogP) is 10.8. The van der Waals surface area contributed by atoms with Crippen molar-refractivity contribution in [2.75, 3.05) is 0 Å². The largest absolute Gasteiger partial charge is 0.0683 e. The van der Waals surface area contributed by atoms with E-state index in [0.717, 1.165) is 0 Å². The first kappa shape index (κ1) is 32.1. The zero-order valence-corrected chi connectivity index (χ0v) is 21.2.